The molecule has 1 aliphatic rings. The minimum atomic E-state index is 0.622. The van der Waals surface area contributed by atoms with Gasteiger partial charge in [-0.15, -0.1) is 0 Å². The van der Waals surface area contributed by atoms with Gasteiger partial charge in [0.2, 0.25) is 0 Å². The molecule has 0 spiro atoms. The van der Waals surface area contributed by atoms with Gasteiger partial charge in [0.25, 0.3) is 0 Å². The first-order valence-electron chi connectivity index (χ1n) is 6.07. The highest BCUT2D eigenvalue weighted by Gasteiger charge is 2.20. The van der Waals surface area contributed by atoms with Gasteiger partial charge in [-0.3, -0.25) is 4.98 Å². The van der Waals surface area contributed by atoms with E-state index in [1.54, 1.807) is 0 Å². The zero-order valence-electron chi connectivity index (χ0n) is 10.0. The maximum Gasteiger partial charge on any atom is 0.101 e. The van der Waals surface area contributed by atoms with Gasteiger partial charge in [-0.1, -0.05) is 19.8 Å². The van der Waals surface area contributed by atoms with Crippen LogP contribution in [0.1, 0.15) is 55.3 Å². The van der Waals surface area contributed by atoms with Crippen LogP contribution in [0.25, 0.3) is 0 Å². The molecule has 0 saturated heterocycles. The van der Waals surface area contributed by atoms with Gasteiger partial charge in [0, 0.05) is 6.20 Å². The Morgan fingerprint density at radius 2 is 2.00 bits per heavy atom. The van der Waals surface area contributed by atoms with Crippen LogP contribution in [-0.4, -0.2) is 4.98 Å². The van der Waals surface area contributed by atoms with E-state index in [0.717, 1.165) is 17.2 Å². The highest BCUT2D eigenvalue weighted by Crippen LogP contribution is 2.35. The topological polar surface area (TPSA) is 36.7 Å². The Balaban J connectivity index is 2.18. The maximum absolute atomic E-state index is 8.99. The summed E-state index contributed by atoms with van der Waals surface area (Å²) in [6.45, 7) is 4.22. The van der Waals surface area contributed by atoms with Crippen molar-refractivity contribution in [2.24, 2.45) is 5.92 Å². The molecular formula is C14H18N2. The molecule has 1 saturated carbocycles. The van der Waals surface area contributed by atoms with E-state index < -0.39 is 0 Å². The lowest BCUT2D eigenvalue weighted by Crippen LogP contribution is -2.11. The van der Waals surface area contributed by atoms with Crippen LogP contribution in [0.15, 0.2) is 12.3 Å². The summed E-state index contributed by atoms with van der Waals surface area (Å²) in [5.41, 5.74) is 2.83. The van der Waals surface area contributed by atoms with Gasteiger partial charge in [0.1, 0.15) is 6.07 Å². The summed E-state index contributed by atoms with van der Waals surface area (Å²) in [6, 6.07) is 4.25. The van der Waals surface area contributed by atoms with Crippen molar-refractivity contribution in [2.75, 3.05) is 0 Å². The molecule has 0 aliphatic heterocycles. The minimum Gasteiger partial charge on any atom is -0.260 e. The smallest absolute Gasteiger partial charge is 0.101 e. The molecule has 0 atom stereocenters. The first kappa shape index (κ1) is 11.1. The molecule has 0 bridgehead atoms. The molecule has 2 nitrogen and oxygen atoms in total. The molecule has 16 heavy (non-hydrogen) atoms. The van der Waals surface area contributed by atoms with Crippen LogP contribution >= 0.6 is 0 Å². The fraction of sp³-hybridized carbons (Fsp3) is 0.571. The molecule has 1 aromatic rings. The molecule has 2 heteroatoms. The largest absolute Gasteiger partial charge is 0.260 e. The van der Waals surface area contributed by atoms with Crippen molar-refractivity contribution in [3.63, 3.8) is 0 Å². The van der Waals surface area contributed by atoms with Crippen LogP contribution in [0.5, 0.6) is 0 Å². The first-order chi connectivity index (χ1) is 7.70. The molecule has 1 heterocycles. The van der Waals surface area contributed by atoms with Gasteiger partial charge in [-0.05, 0) is 43.2 Å². The summed E-state index contributed by atoms with van der Waals surface area (Å²) in [5.74, 6) is 1.49. The van der Waals surface area contributed by atoms with Crippen LogP contribution in [0.3, 0.4) is 0 Å². The lowest BCUT2D eigenvalue weighted by atomic mass is 9.79. The van der Waals surface area contributed by atoms with E-state index in [2.05, 4.69) is 18.0 Å². The summed E-state index contributed by atoms with van der Waals surface area (Å²) in [7, 11) is 0. The summed E-state index contributed by atoms with van der Waals surface area (Å²) < 4.78 is 0. The number of pyridine rings is 1. The standard InChI is InChI=1S/C14H18N2/c1-10-3-5-12(6-4-10)14-7-13(8-15)11(2)16-9-14/h7,9-10,12H,3-6H2,1-2H3/t10-,12-. The van der Waals surface area contributed by atoms with E-state index >= 15 is 0 Å². The molecule has 0 amide bonds. The van der Waals surface area contributed by atoms with Gasteiger partial charge in [0.05, 0.1) is 11.3 Å². The first-order valence-corrected chi connectivity index (χ1v) is 6.07. The molecule has 0 aromatic carbocycles. The van der Waals surface area contributed by atoms with Crippen LogP contribution in [0.4, 0.5) is 0 Å². The molecule has 1 aromatic heterocycles. The predicted octanol–water partition coefficient (Wildman–Crippen LogP) is 3.56. The maximum atomic E-state index is 8.99. The van der Waals surface area contributed by atoms with Gasteiger partial charge < -0.3 is 0 Å². The summed E-state index contributed by atoms with van der Waals surface area (Å²) in [6.07, 6.45) is 7.06. The fourth-order valence-corrected chi connectivity index (χ4v) is 2.48. The van der Waals surface area contributed by atoms with Crippen LogP contribution in [0, 0.1) is 24.2 Å². The van der Waals surface area contributed by atoms with E-state index in [4.69, 9.17) is 5.26 Å². The average molecular weight is 214 g/mol. The Morgan fingerprint density at radius 1 is 1.31 bits per heavy atom. The van der Waals surface area contributed by atoms with Crippen molar-refractivity contribution in [3.8, 4) is 6.07 Å². The number of nitrogens with zero attached hydrogens (tertiary/aromatic N) is 2. The van der Waals surface area contributed by atoms with Crippen molar-refractivity contribution in [1.82, 2.24) is 4.98 Å². The molecule has 0 N–H and O–H groups in total. The number of aromatic nitrogens is 1. The molecule has 2 rings (SSSR count). The average Bonchev–Trinajstić information content (AvgIpc) is 2.31. The van der Waals surface area contributed by atoms with E-state index in [1.165, 1.54) is 31.2 Å². The summed E-state index contributed by atoms with van der Waals surface area (Å²) in [5, 5.41) is 8.99. The van der Waals surface area contributed by atoms with Gasteiger partial charge >= 0.3 is 0 Å². The van der Waals surface area contributed by atoms with Crippen LogP contribution < -0.4 is 0 Å². The lowest BCUT2D eigenvalue weighted by molar-refractivity contribution is 0.347. The Hall–Kier alpha value is -1.36. The molecule has 1 aliphatic carbocycles. The summed E-state index contributed by atoms with van der Waals surface area (Å²) in [4.78, 5) is 4.32. The highest BCUT2D eigenvalue weighted by atomic mass is 14.7. The third kappa shape index (κ3) is 2.24. The second-order valence-corrected chi connectivity index (χ2v) is 4.97. The van der Waals surface area contributed by atoms with Crippen molar-refractivity contribution >= 4 is 0 Å². The Labute approximate surface area is 97.3 Å². The van der Waals surface area contributed by atoms with Gasteiger partial charge in [-0.2, -0.15) is 5.26 Å². The SMILES string of the molecule is Cc1ncc([C@H]2CC[C@H](C)CC2)cc1C#N. The number of rotatable bonds is 1. The molecule has 1 fully saturated rings. The monoisotopic (exact) mass is 214 g/mol. The van der Waals surface area contributed by atoms with E-state index in [9.17, 15) is 0 Å². The zero-order valence-corrected chi connectivity index (χ0v) is 10.0. The molecule has 0 unspecified atom stereocenters. The van der Waals surface area contributed by atoms with Crippen molar-refractivity contribution in [1.29, 1.82) is 5.26 Å². The van der Waals surface area contributed by atoms with Crippen LogP contribution in [-0.2, 0) is 0 Å². The molecule has 0 radical (unpaired) electrons. The van der Waals surface area contributed by atoms with Crippen molar-refractivity contribution in [3.05, 3.63) is 29.1 Å². The molecular weight excluding hydrogens is 196 g/mol. The zero-order chi connectivity index (χ0) is 11.5. The van der Waals surface area contributed by atoms with E-state index in [0.29, 0.717) is 5.92 Å². The predicted molar refractivity (Wildman–Crippen MR) is 64.1 cm³/mol. The third-order valence-electron chi connectivity index (χ3n) is 3.72. The number of aryl methyl sites for hydroxylation is 1. The number of hydrogen-bond acceptors (Lipinski definition) is 2. The van der Waals surface area contributed by atoms with Gasteiger partial charge in [0.15, 0.2) is 0 Å². The Bertz CT molecular complexity index is 409. The second-order valence-electron chi connectivity index (χ2n) is 4.97. The number of nitriles is 1. The number of hydrogen-bond donors (Lipinski definition) is 0. The fourth-order valence-electron chi connectivity index (χ4n) is 2.48. The summed E-state index contributed by atoms with van der Waals surface area (Å²) >= 11 is 0. The minimum absolute atomic E-state index is 0.622. The Kier molecular flexibility index (Phi) is 3.24. The third-order valence-corrected chi connectivity index (χ3v) is 3.72. The van der Waals surface area contributed by atoms with E-state index in [-0.39, 0.29) is 0 Å². The van der Waals surface area contributed by atoms with Crippen molar-refractivity contribution < 1.29 is 0 Å². The highest BCUT2D eigenvalue weighted by molar-refractivity contribution is 5.36. The normalized spacial score (nSPS) is 25.1. The second kappa shape index (κ2) is 4.65. The molecule has 84 valence electrons. The lowest BCUT2D eigenvalue weighted by Gasteiger charge is -2.26. The van der Waals surface area contributed by atoms with Crippen molar-refractivity contribution in [2.45, 2.75) is 45.4 Å². The van der Waals surface area contributed by atoms with E-state index in [1.807, 2.05) is 19.2 Å². The quantitative estimate of drug-likeness (QED) is 0.716. The van der Waals surface area contributed by atoms with Gasteiger partial charge in [-0.25, -0.2) is 0 Å². The van der Waals surface area contributed by atoms with Crippen LogP contribution in [0.2, 0.25) is 0 Å². The Morgan fingerprint density at radius 3 is 2.62 bits per heavy atom.